The summed E-state index contributed by atoms with van der Waals surface area (Å²) in [5.41, 5.74) is 0.956. The molecule has 0 bridgehead atoms. The van der Waals surface area contributed by atoms with Gasteiger partial charge in [-0.15, -0.1) is 0 Å². The summed E-state index contributed by atoms with van der Waals surface area (Å²) in [5.74, 6) is 1.43. The normalized spacial score (nSPS) is 10.2. The summed E-state index contributed by atoms with van der Waals surface area (Å²) in [6, 6.07) is 13.3. The van der Waals surface area contributed by atoms with Crippen LogP contribution in [0.1, 0.15) is 18.9 Å². The number of hydrogen-bond donors (Lipinski definition) is 1. The van der Waals surface area contributed by atoms with Gasteiger partial charge in [-0.1, -0.05) is 42.8 Å². The lowest BCUT2D eigenvalue weighted by Crippen LogP contribution is -2.03. The Labute approximate surface area is 118 Å². The van der Waals surface area contributed by atoms with E-state index in [1.54, 1.807) is 0 Å². The van der Waals surface area contributed by atoms with E-state index >= 15 is 0 Å². The maximum atomic E-state index is 6.08. The molecule has 0 radical (unpaired) electrons. The molecule has 1 aromatic carbocycles. The van der Waals surface area contributed by atoms with E-state index in [4.69, 9.17) is 16.3 Å². The van der Waals surface area contributed by atoms with E-state index in [1.165, 1.54) is 0 Å². The number of halogens is 1. The van der Waals surface area contributed by atoms with E-state index in [0.29, 0.717) is 17.5 Å². The highest BCUT2D eigenvalue weighted by Crippen LogP contribution is 2.18. The van der Waals surface area contributed by atoms with E-state index in [-0.39, 0.29) is 0 Å². The average Bonchev–Trinajstić information content (AvgIpc) is 2.45. The van der Waals surface area contributed by atoms with Gasteiger partial charge in [-0.05, 0) is 18.6 Å². The maximum absolute atomic E-state index is 6.08. The van der Waals surface area contributed by atoms with Gasteiger partial charge in [0.15, 0.2) is 0 Å². The molecule has 0 aliphatic heterocycles. The molecule has 1 heterocycles. The summed E-state index contributed by atoms with van der Waals surface area (Å²) in [5, 5.41) is 3.94. The molecule has 0 aliphatic carbocycles. The maximum Gasteiger partial charge on any atom is 0.215 e. The first kappa shape index (κ1) is 13.7. The second-order valence-electron chi connectivity index (χ2n) is 4.17. The van der Waals surface area contributed by atoms with Gasteiger partial charge in [0.05, 0.1) is 0 Å². The van der Waals surface area contributed by atoms with Gasteiger partial charge in [-0.25, -0.2) is 0 Å². The van der Waals surface area contributed by atoms with Crippen LogP contribution in [0.4, 0.5) is 5.82 Å². The van der Waals surface area contributed by atoms with Crippen molar-refractivity contribution in [3.05, 3.63) is 53.1 Å². The zero-order chi connectivity index (χ0) is 13.5. The van der Waals surface area contributed by atoms with E-state index in [9.17, 15) is 0 Å². The van der Waals surface area contributed by atoms with Crippen molar-refractivity contribution < 1.29 is 4.74 Å². The molecule has 1 N–H and O–H groups in total. The SMILES string of the molecule is CCCNc1cccc(OCc2ccccc2Cl)n1. The number of pyridine rings is 1. The Hall–Kier alpha value is -1.74. The van der Waals surface area contributed by atoms with E-state index in [0.717, 1.165) is 24.3 Å². The monoisotopic (exact) mass is 276 g/mol. The van der Waals surface area contributed by atoms with Crippen LogP contribution in [0.2, 0.25) is 5.02 Å². The van der Waals surface area contributed by atoms with Gasteiger partial charge < -0.3 is 10.1 Å². The van der Waals surface area contributed by atoms with Crippen LogP contribution in [0.5, 0.6) is 5.88 Å². The van der Waals surface area contributed by atoms with Crippen LogP contribution in [0.15, 0.2) is 42.5 Å². The number of rotatable bonds is 6. The molecular formula is C15H17ClN2O. The summed E-state index contributed by atoms with van der Waals surface area (Å²) < 4.78 is 5.66. The minimum absolute atomic E-state index is 0.421. The first-order valence-corrected chi connectivity index (χ1v) is 6.74. The van der Waals surface area contributed by atoms with E-state index in [2.05, 4.69) is 17.2 Å². The predicted molar refractivity (Wildman–Crippen MR) is 78.8 cm³/mol. The molecule has 19 heavy (non-hydrogen) atoms. The molecular weight excluding hydrogens is 260 g/mol. The largest absolute Gasteiger partial charge is 0.473 e. The highest BCUT2D eigenvalue weighted by Gasteiger charge is 2.02. The van der Waals surface area contributed by atoms with Crippen LogP contribution < -0.4 is 10.1 Å². The molecule has 2 aromatic rings. The lowest BCUT2D eigenvalue weighted by molar-refractivity contribution is 0.294. The van der Waals surface area contributed by atoms with Gasteiger partial charge in [0.1, 0.15) is 12.4 Å². The third-order valence-corrected chi connectivity index (χ3v) is 2.98. The second kappa shape index (κ2) is 7.00. The molecule has 4 heteroatoms. The van der Waals surface area contributed by atoms with Crippen molar-refractivity contribution in [3.63, 3.8) is 0 Å². The van der Waals surface area contributed by atoms with Crippen molar-refractivity contribution >= 4 is 17.4 Å². The van der Waals surface area contributed by atoms with Crippen molar-refractivity contribution in [1.82, 2.24) is 4.98 Å². The van der Waals surface area contributed by atoms with Gasteiger partial charge in [-0.2, -0.15) is 4.98 Å². The molecule has 1 aromatic heterocycles. The molecule has 0 fully saturated rings. The second-order valence-corrected chi connectivity index (χ2v) is 4.58. The van der Waals surface area contributed by atoms with Gasteiger partial charge in [0, 0.05) is 23.2 Å². The summed E-state index contributed by atoms with van der Waals surface area (Å²) in [6.07, 6.45) is 1.06. The average molecular weight is 277 g/mol. The molecule has 0 unspecified atom stereocenters. The molecule has 0 saturated carbocycles. The fourth-order valence-corrected chi connectivity index (χ4v) is 1.80. The smallest absolute Gasteiger partial charge is 0.215 e. The summed E-state index contributed by atoms with van der Waals surface area (Å²) in [6.45, 7) is 3.44. The summed E-state index contributed by atoms with van der Waals surface area (Å²) in [4.78, 5) is 4.38. The molecule has 0 aliphatic rings. The van der Waals surface area contributed by atoms with Crippen LogP contribution in [-0.2, 0) is 6.61 Å². The first-order chi connectivity index (χ1) is 9.29. The standard InChI is InChI=1S/C15H17ClN2O/c1-2-10-17-14-8-5-9-15(18-14)19-11-12-6-3-4-7-13(12)16/h3-9H,2,10-11H2,1H3,(H,17,18). The van der Waals surface area contributed by atoms with Crippen LogP contribution >= 0.6 is 11.6 Å². The fraction of sp³-hybridized carbons (Fsp3) is 0.267. The van der Waals surface area contributed by atoms with E-state index < -0.39 is 0 Å². The Morgan fingerprint density at radius 1 is 1.16 bits per heavy atom. The Morgan fingerprint density at radius 2 is 2.00 bits per heavy atom. The van der Waals surface area contributed by atoms with Crippen molar-refractivity contribution in [3.8, 4) is 5.88 Å². The van der Waals surface area contributed by atoms with Gasteiger partial charge in [0.2, 0.25) is 5.88 Å². The van der Waals surface area contributed by atoms with Crippen molar-refractivity contribution in [2.75, 3.05) is 11.9 Å². The topological polar surface area (TPSA) is 34.1 Å². The molecule has 0 atom stereocenters. The lowest BCUT2D eigenvalue weighted by Gasteiger charge is -2.09. The lowest BCUT2D eigenvalue weighted by atomic mass is 10.2. The van der Waals surface area contributed by atoms with Crippen molar-refractivity contribution in [2.45, 2.75) is 20.0 Å². The van der Waals surface area contributed by atoms with Crippen LogP contribution in [0, 0.1) is 0 Å². The molecule has 100 valence electrons. The van der Waals surface area contributed by atoms with Gasteiger partial charge in [0.25, 0.3) is 0 Å². The molecule has 3 nitrogen and oxygen atoms in total. The molecule has 0 amide bonds. The van der Waals surface area contributed by atoms with Crippen molar-refractivity contribution in [2.24, 2.45) is 0 Å². The Bertz CT molecular complexity index is 531. The number of nitrogens with zero attached hydrogens (tertiary/aromatic N) is 1. The van der Waals surface area contributed by atoms with Crippen LogP contribution in [-0.4, -0.2) is 11.5 Å². The highest BCUT2D eigenvalue weighted by atomic mass is 35.5. The summed E-state index contributed by atoms with van der Waals surface area (Å²) in [7, 11) is 0. The number of hydrogen-bond acceptors (Lipinski definition) is 3. The molecule has 2 rings (SSSR count). The first-order valence-electron chi connectivity index (χ1n) is 6.36. The number of ether oxygens (including phenoxy) is 1. The molecule has 0 saturated heterocycles. The quantitative estimate of drug-likeness (QED) is 0.861. The predicted octanol–water partition coefficient (Wildman–Crippen LogP) is 4.14. The van der Waals surface area contributed by atoms with Crippen LogP contribution in [0.3, 0.4) is 0 Å². The van der Waals surface area contributed by atoms with Crippen LogP contribution in [0.25, 0.3) is 0 Å². The van der Waals surface area contributed by atoms with Gasteiger partial charge >= 0.3 is 0 Å². The third-order valence-electron chi connectivity index (χ3n) is 2.61. The minimum atomic E-state index is 0.421. The Morgan fingerprint density at radius 3 is 2.79 bits per heavy atom. The number of anilines is 1. The van der Waals surface area contributed by atoms with Crippen molar-refractivity contribution in [1.29, 1.82) is 0 Å². The number of aromatic nitrogens is 1. The number of nitrogens with one attached hydrogen (secondary N) is 1. The fourth-order valence-electron chi connectivity index (χ4n) is 1.61. The Balaban J connectivity index is 1.98. The molecule has 0 spiro atoms. The highest BCUT2D eigenvalue weighted by molar-refractivity contribution is 6.31. The third kappa shape index (κ3) is 4.14. The van der Waals surface area contributed by atoms with Gasteiger partial charge in [-0.3, -0.25) is 0 Å². The Kier molecular flexibility index (Phi) is 5.04. The van der Waals surface area contributed by atoms with E-state index in [1.807, 2.05) is 42.5 Å². The zero-order valence-corrected chi connectivity index (χ0v) is 11.7. The zero-order valence-electron chi connectivity index (χ0n) is 10.9. The minimum Gasteiger partial charge on any atom is -0.473 e. The number of benzene rings is 1. The summed E-state index contributed by atoms with van der Waals surface area (Å²) >= 11 is 6.08.